The Kier molecular flexibility index (Phi) is 4.04. The van der Waals surface area contributed by atoms with Gasteiger partial charge in [0, 0.05) is 44.0 Å². The van der Waals surface area contributed by atoms with E-state index < -0.39 is 0 Å². The van der Waals surface area contributed by atoms with Crippen LogP contribution in [0.2, 0.25) is 0 Å². The Bertz CT molecular complexity index is 379. The molecule has 1 unspecified atom stereocenters. The molecule has 2 saturated heterocycles. The summed E-state index contributed by atoms with van der Waals surface area (Å²) in [7, 11) is 0. The second kappa shape index (κ2) is 5.50. The van der Waals surface area contributed by atoms with Crippen molar-refractivity contribution in [2.24, 2.45) is 10.4 Å². The van der Waals surface area contributed by atoms with Gasteiger partial charge in [-0.1, -0.05) is 18.7 Å². The molecule has 3 heterocycles. The summed E-state index contributed by atoms with van der Waals surface area (Å²) >= 11 is 1.96. The van der Waals surface area contributed by atoms with E-state index in [1.54, 1.807) is 0 Å². The minimum Gasteiger partial charge on any atom is -0.349 e. The fourth-order valence-corrected chi connectivity index (χ4v) is 4.44. The molecule has 0 aromatic heterocycles. The van der Waals surface area contributed by atoms with E-state index >= 15 is 0 Å². The molecule has 2 fully saturated rings. The van der Waals surface area contributed by atoms with Crippen molar-refractivity contribution >= 4 is 16.9 Å². The minimum atomic E-state index is 0.301. The van der Waals surface area contributed by atoms with Gasteiger partial charge < -0.3 is 10.2 Å². The summed E-state index contributed by atoms with van der Waals surface area (Å²) in [5, 5.41) is 4.79. The molecule has 0 amide bonds. The van der Waals surface area contributed by atoms with Crippen LogP contribution in [0.3, 0.4) is 0 Å². The molecule has 20 heavy (non-hydrogen) atoms. The molecule has 3 aliphatic heterocycles. The number of hydrogen-bond acceptors (Lipinski definition) is 5. The molecule has 0 aliphatic carbocycles. The standard InChI is InChI=1S/C15H28N4S/c1-14(2)10-17-13(20-14)19-8-6-18(7-9-19)12-15(3)4-5-16-11-15/h16H,4-12H2,1-3H3. The number of hydrogen-bond donors (Lipinski definition) is 1. The van der Waals surface area contributed by atoms with Gasteiger partial charge in [-0.05, 0) is 32.2 Å². The van der Waals surface area contributed by atoms with Crippen molar-refractivity contribution in [1.82, 2.24) is 15.1 Å². The predicted octanol–water partition coefficient (Wildman–Crippen LogP) is 1.49. The second-order valence-electron chi connectivity index (χ2n) is 7.46. The van der Waals surface area contributed by atoms with Crippen molar-refractivity contribution < 1.29 is 0 Å². The van der Waals surface area contributed by atoms with Crippen molar-refractivity contribution in [3.63, 3.8) is 0 Å². The molecular formula is C15H28N4S. The number of nitrogens with one attached hydrogen (secondary N) is 1. The SMILES string of the molecule is CC1(CN2CCN(C3=NCC(C)(C)S3)CC2)CCNC1. The molecule has 0 saturated carbocycles. The van der Waals surface area contributed by atoms with Gasteiger partial charge in [-0.2, -0.15) is 0 Å². The lowest BCUT2D eigenvalue weighted by Gasteiger charge is -2.39. The largest absolute Gasteiger partial charge is 0.349 e. The van der Waals surface area contributed by atoms with Crippen LogP contribution in [0.25, 0.3) is 0 Å². The lowest BCUT2D eigenvalue weighted by Crippen LogP contribution is -2.50. The first-order valence-corrected chi connectivity index (χ1v) is 8.69. The van der Waals surface area contributed by atoms with E-state index in [-0.39, 0.29) is 0 Å². The van der Waals surface area contributed by atoms with Crippen molar-refractivity contribution in [2.75, 3.05) is 52.4 Å². The first kappa shape index (κ1) is 14.7. The highest BCUT2D eigenvalue weighted by molar-refractivity contribution is 8.15. The van der Waals surface area contributed by atoms with Gasteiger partial charge in [0.1, 0.15) is 0 Å². The Labute approximate surface area is 127 Å². The highest BCUT2D eigenvalue weighted by atomic mass is 32.2. The van der Waals surface area contributed by atoms with Crippen LogP contribution in [-0.4, -0.2) is 72.1 Å². The lowest BCUT2D eigenvalue weighted by molar-refractivity contribution is 0.129. The van der Waals surface area contributed by atoms with Crippen molar-refractivity contribution in [1.29, 1.82) is 0 Å². The van der Waals surface area contributed by atoms with Crippen LogP contribution in [0.5, 0.6) is 0 Å². The molecule has 3 rings (SSSR count). The number of aliphatic imine (C=N–C) groups is 1. The Morgan fingerprint density at radius 2 is 1.95 bits per heavy atom. The van der Waals surface area contributed by atoms with E-state index in [1.807, 2.05) is 11.8 Å². The molecule has 4 nitrogen and oxygen atoms in total. The van der Waals surface area contributed by atoms with Gasteiger partial charge in [0.15, 0.2) is 5.17 Å². The fraction of sp³-hybridized carbons (Fsp3) is 0.933. The number of thioether (sulfide) groups is 1. The average Bonchev–Trinajstić information content (AvgIpc) is 2.97. The van der Waals surface area contributed by atoms with Gasteiger partial charge in [-0.15, -0.1) is 0 Å². The van der Waals surface area contributed by atoms with Gasteiger partial charge in [0.05, 0.1) is 6.54 Å². The van der Waals surface area contributed by atoms with Crippen LogP contribution >= 0.6 is 11.8 Å². The number of nitrogens with zero attached hydrogens (tertiary/aromatic N) is 3. The fourth-order valence-electron chi connectivity index (χ4n) is 3.38. The maximum atomic E-state index is 4.73. The van der Waals surface area contributed by atoms with E-state index in [4.69, 9.17) is 4.99 Å². The third-order valence-electron chi connectivity index (χ3n) is 4.67. The zero-order valence-corrected chi connectivity index (χ0v) is 13.9. The summed E-state index contributed by atoms with van der Waals surface area (Å²) in [6.45, 7) is 16.3. The van der Waals surface area contributed by atoms with E-state index in [1.165, 1.54) is 44.3 Å². The zero-order valence-electron chi connectivity index (χ0n) is 13.1. The Balaban J connectivity index is 1.48. The molecule has 114 valence electrons. The zero-order chi connectivity index (χ0) is 14.2. The molecule has 0 radical (unpaired) electrons. The third kappa shape index (κ3) is 3.31. The minimum absolute atomic E-state index is 0.301. The molecular weight excluding hydrogens is 268 g/mol. The van der Waals surface area contributed by atoms with Crippen LogP contribution in [-0.2, 0) is 0 Å². The molecule has 0 bridgehead atoms. The van der Waals surface area contributed by atoms with Gasteiger partial charge in [-0.3, -0.25) is 9.89 Å². The molecule has 1 N–H and O–H groups in total. The third-order valence-corrected chi connectivity index (χ3v) is 5.92. The first-order valence-electron chi connectivity index (χ1n) is 7.87. The normalized spacial score (nSPS) is 34.5. The Morgan fingerprint density at radius 3 is 2.50 bits per heavy atom. The summed E-state index contributed by atoms with van der Waals surface area (Å²) in [6.07, 6.45) is 1.32. The summed E-state index contributed by atoms with van der Waals surface area (Å²) < 4.78 is 0.301. The first-order chi connectivity index (χ1) is 9.46. The highest BCUT2D eigenvalue weighted by Crippen LogP contribution is 2.34. The average molecular weight is 296 g/mol. The quantitative estimate of drug-likeness (QED) is 0.836. The summed E-state index contributed by atoms with van der Waals surface area (Å²) in [4.78, 5) is 9.87. The maximum Gasteiger partial charge on any atom is 0.159 e. The maximum absolute atomic E-state index is 4.73. The summed E-state index contributed by atoms with van der Waals surface area (Å²) in [5.74, 6) is 0. The van der Waals surface area contributed by atoms with Gasteiger partial charge in [0.2, 0.25) is 0 Å². The van der Waals surface area contributed by atoms with Crippen LogP contribution in [0.15, 0.2) is 4.99 Å². The van der Waals surface area contributed by atoms with Crippen molar-refractivity contribution in [3.8, 4) is 0 Å². The molecule has 5 heteroatoms. The summed E-state index contributed by atoms with van der Waals surface area (Å²) in [6, 6.07) is 0. The molecule has 0 aromatic rings. The Hall–Kier alpha value is -0.260. The van der Waals surface area contributed by atoms with Crippen LogP contribution in [0.1, 0.15) is 27.2 Å². The van der Waals surface area contributed by atoms with Crippen molar-refractivity contribution in [2.45, 2.75) is 31.9 Å². The van der Waals surface area contributed by atoms with Crippen molar-refractivity contribution in [3.05, 3.63) is 0 Å². The van der Waals surface area contributed by atoms with Gasteiger partial charge in [-0.25, -0.2) is 0 Å². The topological polar surface area (TPSA) is 30.9 Å². The molecule has 1 atom stereocenters. The van der Waals surface area contributed by atoms with E-state index in [9.17, 15) is 0 Å². The molecule has 0 aromatic carbocycles. The monoisotopic (exact) mass is 296 g/mol. The second-order valence-corrected chi connectivity index (χ2v) is 9.14. The number of rotatable bonds is 2. The predicted molar refractivity (Wildman–Crippen MR) is 87.6 cm³/mol. The molecule has 3 aliphatic rings. The van der Waals surface area contributed by atoms with Crippen LogP contribution in [0.4, 0.5) is 0 Å². The molecule has 0 spiro atoms. The van der Waals surface area contributed by atoms with E-state index in [2.05, 4.69) is 35.9 Å². The number of amidine groups is 1. The Morgan fingerprint density at radius 1 is 1.20 bits per heavy atom. The van der Waals surface area contributed by atoms with Gasteiger partial charge >= 0.3 is 0 Å². The highest BCUT2D eigenvalue weighted by Gasteiger charge is 2.34. The van der Waals surface area contributed by atoms with E-state index in [0.717, 1.165) is 19.6 Å². The number of piperazine rings is 1. The van der Waals surface area contributed by atoms with Crippen LogP contribution < -0.4 is 5.32 Å². The van der Waals surface area contributed by atoms with Gasteiger partial charge in [0.25, 0.3) is 0 Å². The smallest absolute Gasteiger partial charge is 0.159 e. The van der Waals surface area contributed by atoms with E-state index in [0.29, 0.717) is 10.2 Å². The lowest BCUT2D eigenvalue weighted by atomic mass is 9.89. The van der Waals surface area contributed by atoms with Crippen LogP contribution in [0, 0.1) is 5.41 Å². The summed E-state index contributed by atoms with van der Waals surface area (Å²) in [5.41, 5.74) is 0.490.